The van der Waals surface area contributed by atoms with Crippen molar-refractivity contribution in [3.8, 4) is 16.5 Å². The van der Waals surface area contributed by atoms with E-state index in [1.54, 1.807) is 0 Å². The van der Waals surface area contributed by atoms with Crippen LogP contribution in [0, 0.1) is 39.0 Å². The molecule has 0 aliphatic carbocycles. The molecular weight excluding hydrogens is 779 g/mol. The second kappa shape index (κ2) is 20.1. The summed E-state index contributed by atoms with van der Waals surface area (Å²) in [5, 5.41) is 21.9. The van der Waals surface area contributed by atoms with E-state index in [0.29, 0.717) is 0 Å². The third-order valence-corrected chi connectivity index (χ3v) is 12.3. The molecule has 5 nitrogen and oxygen atoms in total. The van der Waals surface area contributed by atoms with E-state index < -0.39 is 5.97 Å². The zero-order chi connectivity index (χ0) is 43.6. The largest absolute Gasteiger partial charge is 0.477 e. The monoisotopic (exact) mass is 831 g/mol. The molecule has 0 aliphatic rings. The molecule has 1 N–H and O–H groups in total. The van der Waals surface area contributed by atoms with Crippen molar-refractivity contribution in [1.82, 2.24) is 0 Å². The van der Waals surface area contributed by atoms with E-state index in [1.807, 2.05) is 6.07 Å². The predicted molar refractivity (Wildman–Crippen MR) is 262 cm³/mol. The molecule has 0 fully saturated rings. The first kappa shape index (κ1) is 43.2. The fourth-order valence-corrected chi connectivity index (χ4v) is 8.97. The topological polar surface area (TPSA) is 67.6 Å². The highest BCUT2D eigenvalue weighted by Crippen LogP contribution is 2.47. The van der Waals surface area contributed by atoms with Crippen molar-refractivity contribution in [2.24, 2.45) is 0 Å². The number of unbranched alkanes of at least 4 members (excludes halogenated alkanes) is 3. The quantitative estimate of drug-likeness (QED) is 0.0672. The van der Waals surface area contributed by atoms with Gasteiger partial charge in [-0.25, -0.2) is 4.79 Å². The lowest BCUT2D eigenvalue weighted by Gasteiger charge is -2.31. The van der Waals surface area contributed by atoms with Gasteiger partial charge in [0.2, 0.25) is 0 Å². The molecule has 0 saturated heterocycles. The van der Waals surface area contributed by atoms with Gasteiger partial charge >= 0.3 is 5.97 Å². The number of carboxylic acid groups (broad SMARTS) is 1. The van der Waals surface area contributed by atoms with E-state index in [-0.39, 0.29) is 5.57 Å². The number of anilines is 6. The molecule has 0 bridgehead atoms. The van der Waals surface area contributed by atoms with E-state index in [9.17, 15) is 15.2 Å². The molecule has 0 unspecified atom stereocenters. The van der Waals surface area contributed by atoms with Crippen LogP contribution in [0.15, 0.2) is 163 Å². The smallest absolute Gasteiger partial charge is 0.346 e. The summed E-state index contributed by atoms with van der Waals surface area (Å²) in [5.74, 6) is -1.23. The molecule has 7 aromatic rings. The number of rotatable bonds is 14. The molecule has 7 rings (SSSR count). The van der Waals surface area contributed by atoms with Crippen molar-refractivity contribution >= 4 is 68.3 Å². The normalized spacial score (nSPS) is 11.2. The van der Waals surface area contributed by atoms with E-state index in [0.717, 1.165) is 109 Å². The lowest BCUT2D eigenvalue weighted by Crippen LogP contribution is -2.14. The van der Waals surface area contributed by atoms with E-state index in [1.165, 1.54) is 28.5 Å². The summed E-state index contributed by atoms with van der Waals surface area (Å²) in [6.07, 6.45) is 6.72. The fourth-order valence-electron chi connectivity index (χ4n) is 7.83. The molecule has 1 aromatic heterocycles. The average molecular weight is 832 g/mol. The summed E-state index contributed by atoms with van der Waals surface area (Å²) in [6, 6.07) is 58.1. The number of aryl methyl sites for hydroxylation is 5. The van der Waals surface area contributed by atoms with Gasteiger partial charge in [-0.2, -0.15) is 5.26 Å². The van der Waals surface area contributed by atoms with E-state index in [2.05, 4.69) is 202 Å². The molecule has 0 spiro atoms. The van der Waals surface area contributed by atoms with Gasteiger partial charge in [0, 0.05) is 43.6 Å². The van der Waals surface area contributed by atoms with Crippen LogP contribution in [-0.2, 0) is 11.2 Å². The van der Waals surface area contributed by atoms with Crippen molar-refractivity contribution in [3.05, 3.63) is 196 Å². The second-order valence-corrected chi connectivity index (χ2v) is 17.0. The van der Waals surface area contributed by atoms with Crippen LogP contribution in [0.1, 0.15) is 65.3 Å². The Balaban J connectivity index is 1.59. The standard InChI is InChI=1S/C56H53N3O2S/c1-6-7-8-9-20-44-35-51(36-46(38-57)56(60)61)62-55(44)45-33-49(58(47-29-25-40(3)26-30-47)53-23-14-17-39(2)16-10-11-18-42(53)5)37-50(34-45)59(48-31-27-41(4)28-32-48)54-24-15-21-43-19-12-13-22-52(43)54/h10-19,21-37H,6-9,20H2,1-5H3,(H,60,61)/b11-10?,16-10?,17-14?,18-11?,23-14?,39-16?,39-17?,42-18?,46-36-,53-23?,53-42?. The highest BCUT2D eigenvalue weighted by molar-refractivity contribution is 7.16. The lowest BCUT2D eigenvalue weighted by atomic mass is 10.00. The first-order valence-corrected chi connectivity index (χ1v) is 22.2. The minimum Gasteiger partial charge on any atom is -0.477 e. The van der Waals surface area contributed by atoms with Crippen LogP contribution in [0.4, 0.5) is 34.1 Å². The first-order chi connectivity index (χ1) is 30.1. The van der Waals surface area contributed by atoms with Crippen molar-refractivity contribution in [2.45, 2.75) is 66.7 Å². The number of benzene rings is 5. The maximum Gasteiger partial charge on any atom is 0.346 e. The number of hydrogen-bond acceptors (Lipinski definition) is 5. The number of carbonyl (C=O) groups is 1. The second-order valence-electron chi connectivity index (χ2n) is 15.9. The molecule has 6 aromatic carbocycles. The molecule has 62 heavy (non-hydrogen) atoms. The highest BCUT2D eigenvalue weighted by atomic mass is 32.1. The fraction of sp³-hybridized carbons (Fsp3) is 0.179. The Morgan fingerprint density at radius 3 is 1.85 bits per heavy atom. The third kappa shape index (κ3) is 10.1. The van der Waals surface area contributed by atoms with Crippen LogP contribution in [0.3, 0.4) is 0 Å². The number of hydrogen-bond donors (Lipinski definition) is 1. The molecular formula is C56H53N3O2S. The molecule has 0 radical (unpaired) electrons. The van der Waals surface area contributed by atoms with Crippen molar-refractivity contribution in [1.29, 1.82) is 5.26 Å². The van der Waals surface area contributed by atoms with Gasteiger partial charge in [-0.3, -0.25) is 0 Å². The zero-order valence-electron chi connectivity index (χ0n) is 36.2. The van der Waals surface area contributed by atoms with Crippen LogP contribution >= 0.6 is 11.3 Å². The summed E-state index contributed by atoms with van der Waals surface area (Å²) in [5.41, 5.74) is 12.5. The SMILES string of the molecule is CCCCCCc1cc(/C=C(/C#N)C(=O)O)sc1-c1cc(N(c2ccc(C)cc2)c2cccc(C)ccccc2C)cc(N(c2ccc(C)cc2)c2cccc3ccccc23)c1. The summed E-state index contributed by atoms with van der Waals surface area (Å²) in [4.78, 5) is 18.6. The Morgan fingerprint density at radius 2 is 1.19 bits per heavy atom. The molecule has 6 heteroatoms. The maximum absolute atomic E-state index is 12.1. The van der Waals surface area contributed by atoms with E-state index in [4.69, 9.17) is 0 Å². The van der Waals surface area contributed by atoms with Gasteiger partial charge in [0.25, 0.3) is 0 Å². The van der Waals surface area contributed by atoms with Crippen molar-refractivity contribution in [2.75, 3.05) is 9.80 Å². The number of nitrogens with zero attached hydrogens (tertiary/aromatic N) is 3. The molecule has 0 amide bonds. The third-order valence-electron chi connectivity index (χ3n) is 11.1. The number of carboxylic acids is 1. The Labute approximate surface area is 370 Å². The maximum atomic E-state index is 12.1. The van der Waals surface area contributed by atoms with Crippen LogP contribution < -0.4 is 9.80 Å². The number of thiophene rings is 1. The van der Waals surface area contributed by atoms with Crippen molar-refractivity contribution < 1.29 is 9.90 Å². The van der Waals surface area contributed by atoms with Gasteiger partial charge in [-0.15, -0.1) is 11.3 Å². The lowest BCUT2D eigenvalue weighted by molar-refractivity contribution is -0.132. The highest BCUT2D eigenvalue weighted by Gasteiger charge is 2.23. The van der Waals surface area contributed by atoms with Gasteiger partial charge in [-0.1, -0.05) is 140 Å². The molecule has 310 valence electrons. The molecule has 0 aliphatic heterocycles. The predicted octanol–water partition coefficient (Wildman–Crippen LogP) is 16.0. The van der Waals surface area contributed by atoms with Gasteiger partial charge in [-0.05, 0) is 129 Å². The Hall–Kier alpha value is -6.94. The van der Waals surface area contributed by atoms with Crippen LogP contribution in [0.5, 0.6) is 0 Å². The zero-order valence-corrected chi connectivity index (χ0v) is 37.0. The summed E-state index contributed by atoms with van der Waals surface area (Å²) in [7, 11) is 0. The summed E-state index contributed by atoms with van der Waals surface area (Å²) >= 11 is 1.54. The van der Waals surface area contributed by atoms with Crippen LogP contribution in [0.25, 0.3) is 27.3 Å². The number of aliphatic carboxylic acids is 1. The van der Waals surface area contributed by atoms with E-state index >= 15 is 0 Å². The van der Waals surface area contributed by atoms with Crippen LogP contribution in [0.2, 0.25) is 0 Å². The van der Waals surface area contributed by atoms with Gasteiger partial charge in [0.05, 0.1) is 5.69 Å². The van der Waals surface area contributed by atoms with Gasteiger partial charge < -0.3 is 14.9 Å². The molecule has 0 saturated carbocycles. The number of nitriles is 1. The minimum absolute atomic E-state index is 0.283. The van der Waals surface area contributed by atoms with Crippen molar-refractivity contribution in [3.63, 3.8) is 0 Å². The summed E-state index contributed by atoms with van der Waals surface area (Å²) < 4.78 is 0. The number of fused-ring (bicyclic) bond motifs is 1. The first-order valence-electron chi connectivity index (χ1n) is 21.4. The Morgan fingerprint density at radius 1 is 0.629 bits per heavy atom. The minimum atomic E-state index is -1.23. The van der Waals surface area contributed by atoms with Gasteiger partial charge in [0.15, 0.2) is 0 Å². The average Bonchev–Trinajstić information content (AvgIpc) is 3.69. The molecule has 0 atom stereocenters. The Bertz CT molecular complexity index is 2820. The van der Waals surface area contributed by atoms with Crippen LogP contribution in [-0.4, -0.2) is 11.1 Å². The van der Waals surface area contributed by atoms with Gasteiger partial charge in [0.1, 0.15) is 11.6 Å². The summed E-state index contributed by atoms with van der Waals surface area (Å²) in [6.45, 7) is 10.7. The Kier molecular flexibility index (Phi) is 14.0. The molecule has 1 heterocycles.